The number of carbonyl (C=O) groups is 1. The van der Waals surface area contributed by atoms with Gasteiger partial charge in [-0.15, -0.1) is 0 Å². The zero-order valence-electron chi connectivity index (χ0n) is 9.35. The van der Waals surface area contributed by atoms with Crippen LogP contribution in [0.5, 0.6) is 0 Å². The highest BCUT2D eigenvalue weighted by atomic mass is 19.1. The Hall–Kier alpha value is -1.95. The number of hydrogen-bond donors (Lipinski definition) is 1. The normalized spacial score (nSPS) is 12.9. The maximum atomic E-state index is 13.6. The summed E-state index contributed by atoms with van der Waals surface area (Å²) >= 11 is 0. The van der Waals surface area contributed by atoms with E-state index in [9.17, 15) is 9.18 Å². The van der Waals surface area contributed by atoms with Gasteiger partial charge in [-0.3, -0.25) is 0 Å². The molecule has 0 saturated carbocycles. The zero-order valence-corrected chi connectivity index (χ0v) is 9.35. The molecule has 6 heteroatoms. The molecule has 2 aromatic rings. The van der Waals surface area contributed by atoms with E-state index < -0.39 is 17.9 Å². The summed E-state index contributed by atoms with van der Waals surface area (Å²) in [4.78, 5) is 11.1. The average Bonchev–Trinajstić information content (AvgIpc) is 2.69. The smallest absolute Gasteiger partial charge is 0.337 e. The molecule has 0 spiro atoms. The van der Waals surface area contributed by atoms with Crippen LogP contribution in [0.4, 0.5) is 4.39 Å². The van der Waals surface area contributed by atoms with Crippen LogP contribution in [0.25, 0.3) is 5.52 Å². The van der Waals surface area contributed by atoms with Gasteiger partial charge in [0, 0.05) is 18.9 Å². The summed E-state index contributed by atoms with van der Waals surface area (Å²) in [5.41, 5.74) is 0.376. The van der Waals surface area contributed by atoms with Crippen LogP contribution >= 0.6 is 0 Å². The second-order valence-electron chi connectivity index (χ2n) is 3.61. The summed E-state index contributed by atoms with van der Waals surface area (Å²) in [6.07, 6.45) is 2.10. The predicted molar refractivity (Wildman–Crippen MR) is 57.5 cm³/mol. The number of hydrogen-bond acceptors (Lipinski definition) is 3. The van der Waals surface area contributed by atoms with Crippen LogP contribution in [0.3, 0.4) is 0 Å². The maximum Gasteiger partial charge on any atom is 0.337 e. The molecule has 2 heterocycles. The maximum absolute atomic E-state index is 13.6. The lowest BCUT2D eigenvalue weighted by molar-refractivity contribution is 0.0683. The topological polar surface area (TPSA) is 63.8 Å². The Morgan fingerprint density at radius 1 is 1.65 bits per heavy atom. The quantitative estimate of drug-likeness (QED) is 0.886. The molecule has 0 aliphatic rings. The molecule has 90 valence electrons. The zero-order chi connectivity index (χ0) is 12.6. The monoisotopic (exact) mass is 238 g/mol. The lowest BCUT2D eigenvalue weighted by atomic mass is 10.0. The molecule has 2 rings (SSSR count). The first-order chi connectivity index (χ1) is 8.06. The molecule has 0 amide bonds. The summed E-state index contributed by atoms with van der Waals surface area (Å²) in [6.45, 7) is 1.66. The molecule has 0 unspecified atom stereocenters. The SMILES string of the molecule is CO[C@@H](C)c1c(C(=O)O)cnn2ccc(F)c12. The predicted octanol–water partition coefficient (Wildman–Crippen LogP) is 1.88. The minimum Gasteiger partial charge on any atom is -0.478 e. The fourth-order valence-electron chi connectivity index (χ4n) is 1.76. The molecule has 0 bridgehead atoms. The standard InChI is InChI=1S/C11H11FN2O3/c1-6(17-2)9-7(11(15)16)5-13-14-4-3-8(12)10(9)14/h3-6H,1-2H3,(H,15,16)/t6-/m0/s1. The van der Waals surface area contributed by atoms with Gasteiger partial charge in [0.05, 0.1) is 17.9 Å². The van der Waals surface area contributed by atoms with Crippen molar-refractivity contribution in [2.75, 3.05) is 7.11 Å². The Bertz CT molecular complexity index is 579. The summed E-state index contributed by atoms with van der Waals surface area (Å²) in [6, 6.07) is 1.24. The molecule has 0 aromatic carbocycles. The first-order valence-corrected chi connectivity index (χ1v) is 4.98. The third-order valence-corrected chi connectivity index (χ3v) is 2.66. The highest BCUT2D eigenvalue weighted by molar-refractivity contribution is 5.91. The van der Waals surface area contributed by atoms with Crippen molar-refractivity contribution in [1.29, 1.82) is 0 Å². The van der Waals surface area contributed by atoms with Crippen LogP contribution in [0.15, 0.2) is 18.5 Å². The fraction of sp³-hybridized carbons (Fsp3) is 0.273. The second kappa shape index (κ2) is 4.14. The van der Waals surface area contributed by atoms with Gasteiger partial charge in [-0.2, -0.15) is 5.10 Å². The van der Waals surface area contributed by atoms with E-state index in [4.69, 9.17) is 9.84 Å². The average molecular weight is 238 g/mol. The van der Waals surface area contributed by atoms with Crippen molar-refractivity contribution in [3.05, 3.63) is 35.4 Å². The van der Waals surface area contributed by atoms with E-state index >= 15 is 0 Å². The van der Waals surface area contributed by atoms with Crippen molar-refractivity contribution in [3.8, 4) is 0 Å². The van der Waals surface area contributed by atoms with Gasteiger partial charge >= 0.3 is 5.97 Å². The van der Waals surface area contributed by atoms with Crippen LogP contribution in [0, 0.1) is 5.82 Å². The van der Waals surface area contributed by atoms with Crippen molar-refractivity contribution in [1.82, 2.24) is 9.61 Å². The number of halogens is 1. The number of aromatic nitrogens is 2. The molecule has 0 aliphatic carbocycles. The number of aromatic carboxylic acids is 1. The second-order valence-corrected chi connectivity index (χ2v) is 3.61. The van der Waals surface area contributed by atoms with Gasteiger partial charge in [0.25, 0.3) is 0 Å². The van der Waals surface area contributed by atoms with E-state index in [-0.39, 0.29) is 16.6 Å². The Labute approximate surface area is 96.4 Å². The van der Waals surface area contributed by atoms with Crippen LogP contribution < -0.4 is 0 Å². The van der Waals surface area contributed by atoms with Gasteiger partial charge in [0.2, 0.25) is 0 Å². The van der Waals surface area contributed by atoms with E-state index in [2.05, 4.69) is 5.10 Å². The first-order valence-electron chi connectivity index (χ1n) is 4.98. The van der Waals surface area contributed by atoms with Crippen molar-refractivity contribution in [2.45, 2.75) is 13.0 Å². The third-order valence-electron chi connectivity index (χ3n) is 2.66. The first kappa shape index (κ1) is 11.5. The molecule has 2 aromatic heterocycles. The fourth-order valence-corrected chi connectivity index (χ4v) is 1.76. The summed E-state index contributed by atoms with van der Waals surface area (Å²) in [5.74, 6) is -1.67. The minimum atomic E-state index is -1.15. The summed E-state index contributed by atoms with van der Waals surface area (Å²) < 4.78 is 20.0. The molecule has 0 fully saturated rings. The van der Waals surface area contributed by atoms with Gasteiger partial charge in [-0.1, -0.05) is 0 Å². The minimum absolute atomic E-state index is 0.0514. The largest absolute Gasteiger partial charge is 0.478 e. The number of ether oxygens (including phenoxy) is 1. The highest BCUT2D eigenvalue weighted by Crippen LogP contribution is 2.27. The van der Waals surface area contributed by atoms with Gasteiger partial charge in [0.1, 0.15) is 5.52 Å². The molecule has 0 aliphatic heterocycles. The van der Waals surface area contributed by atoms with Crippen molar-refractivity contribution < 1.29 is 19.0 Å². The third kappa shape index (κ3) is 1.76. The molecular formula is C11H11FN2O3. The molecule has 17 heavy (non-hydrogen) atoms. The van der Waals surface area contributed by atoms with E-state index in [0.717, 1.165) is 0 Å². The van der Waals surface area contributed by atoms with E-state index in [1.165, 1.54) is 30.1 Å². The number of carboxylic acids is 1. The van der Waals surface area contributed by atoms with Crippen LogP contribution in [0.2, 0.25) is 0 Å². The Balaban J connectivity index is 2.83. The van der Waals surface area contributed by atoms with Crippen molar-refractivity contribution in [3.63, 3.8) is 0 Å². The van der Waals surface area contributed by atoms with Gasteiger partial charge in [-0.25, -0.2) is 13.7 Å². The lowest BCUT2D eigenvalue weighted by Gasteiger charge is -2.14. The van der Waals surface area contributed by atoms with E-state index in [1.807, 2.05) is 0 Å². The van der Waals surface area contributed by atoms with E-state index in [1.54, 1.807) is 6.92 Å². The molecule has 0 saturated heterocycles. The molecule has 0 radical (unpaired) electrons. The highest BCUT2D eigenvalue weighted by Gasteiger charge is 2.22. The molecule has 1 atom stereocenters. The van der Waals surface area contributed by atoms with Crippen LogP contribution in [-0.2, 0) is 4.74 Å². The van der Waals surface area contributed by atoms with Gasteiger partial charge < -0.3 is 9.84 Å². The van der Waals surface area contributed by atoms with Gasteiger partial charge in [0.15, 0.2) is 5.82 Å². The van der Waals surface area contributed by atoms with Gasteiger partial charge in [-0.05, 0) is 13.0 Å². The number of carboxylic acid groups (broad SMARTS) is 1. The van der Waals surface area contributed by atoms with Crippen molar-refractivity contribution >= 4 is 11.5 Å². The Kier molecular flexibility index (Phi) is 2.81. The van der Waals surface area contributed by atoms with Crippen LogP contribution in [-0.4, -0.2) is 27.8 Å². The molecule has 1 N–H and O–H groups in total. The Morgan fingerprint density at radius 3 is 2.94 bits per heavy atom. The van der Waals surface area contributed by atoms with Crippen molar-refractivity contribution in [2.24, 2.45) is 0 Å². The number of nitrogens with zero attached hydrogens (tertiary/aromatic N) is 2. The number of rotatable bonds is 3. The molecular weight excluding hydrogens is 227 g/mol. The Morgan fingerprint density at radius 2 is 2.35 bits per heavy atom. The number of methoxy groups -OCH3 is 1. The molecule has 5 nitrogen and oxygen atoms in total. The summed E-state index contributed by atoms with van der Waals surface area (Å²) in [7, 11) is 1.44. The summed E-state index contributed by atoms with van der Waals surface area (Å²) in [5, 5.41) is 12.9. The lowest BCUT2D eigenvalue weighted by Crippen LogP contribution is -2.11. The number of fused-ring (bicyclic) bond motifs is 1. The van der Waals surface area contributed by atoms with E-state index in [0.29, 0.717) is 0 Å². The van der Waals surface area contributed by atoms with Crippen LogP contribution in [0.1, 0.15) is 28.9 Å².